The maximum absolute atomic E-state index is 13.3. The van der Waals surface area contributed by atoms with Gasteiger partial charge in [0.2, 0.25) is 0 Å². The van der Waals surface area contributed by atoms with E-state index in [0.717, 1.165) is 6.07 Å². The van der Waals surface area contributed by atoms with Crippen LogP contribution in [0.1, 0.15) is 12.0 Å². The standard InChI is InChI=1S/C10H10ClFO4S/c11-8-1-2-9(12)7(5-8)6-17(15,16)4-3-10(13)14/h1-2,5H,3-4,6H2,(H,13,14). The zero-order valence-electron chi connectivity index (χ0n) is 8.69. The number of hydrogen-bond donors (Lipinski definition) is 1. The van der Waals surface area contributed by atoms with Crippen LogP contribution >= 0.6 is 11.6 Å². The zero-order valence-corrected chi connectivity index (χ0v) is 10.3. The first-order valence-corrected chi connectivity index (χ1v) is 6.86. The Morgan fingerprint density at radius 3 is 2.65 bits per heavy atom. The van der Waals surface area contributed by atoms with Crippen molar-refractivity contribution < 1.29 is 22.7 Å². The second kappa shape index (κ2) is 5.46. The molecule has 7 heteroatoms. The largest absolute Gasteiger partial charge is 0.481 e. The highest BCUT2D eigenvalue weighted by Gasteiger charge is 2.16. The van der Waals surface area contributed by atoms with Crippen LogP contribution in [0.15, 0.2) is 18.2 Å². The molecule has 0 bridgehead atoms. The van der Waals surface area contributed by atoms with E-state index >= 15 is 0 Å². The second-order valence-electron chi connectivity index (χ2n) is 3.47. The number of carboxylic acids is 1. The zero-order chi connectivity index (χ0) is 13.1. The van der Waals surface area contributed by atoms with Gasteiger partial charge in [-0.05, 0) is 18.2 Å². The lowest BCUT2D eigenvalue weighted by atomic mass is 10.2. The Hall–Kier alpha value is -1.14. The highest BCUT2D eigenvalue weighted by atomic mass is 35.5. The predicted molar refractivity (Wildman–Crippen MR) is 61.2 cm³/mol. The van der Waals surface area contributed by atoms with E-state index in [1.165, 1.54) is 12.1 Å². The number of carboxylic acid groups (broad SMARTS) is 1. The first-order chi connectivity index (χ1) is 7.80. The van der Waals surface area contributed by atoms with Gasteiger partial charge in [-0.25, -0.2) is 12.8 Å². The molecule has 17 heavy (non-hydrogen) atoms. The maximum Gasteiger partial charge on any atom is 0.304 e. The van der Waals surface area contributed by atoms with E-state index in [2.05, 4.69) is 0 Å². The third-order valence-corrected chi connectivity index (χ3v) is 3.82. The summed E-state index contributed by atoms with van der Waals surface area (Å²) in [5.41, 5.74) is -0.0529. The van der Waals surface area contributed by atoms with E-state index < -0.39 is 39.6 Å². The fraction of sp³-hybridized carbons (Fsp3) is 0.300. The number of hydrogen-bond acceptors (Lipinski definition) is 3. The van der Waals surface area contributed by atoms with Crippen LogP contribution in [0.2, 0.25) is 5.02 Å². The average molecular weight is 281 g/mol. The number of carbonyl (C=O) groups is 1. The second-order valence-corrected chi connectivity index (χ2v) is 6.09. The number of halogens is 2. The summed E-state index contributed by atoms with van der Waals surface area (Å²) in [5.74, 6) is -2.95. The Morgan fingerprint density at radius 1 is 1.41 bits per heavy atom. The molecule has 1 aromatic carbocycles. The molecular formula is C10H10ClFO4S. The van der Waals surface area contributed by atoms with Crippen molar-refractivity contribution in [1.82, 2.24) is 0 Å². The van der Waals surface area contributed by atoms with Gasteiger partial charge in [-0.1, -0.05) is 11.6 Å². The van der Waals surface area contributed by atoms with Crippen molar-refractivity contribution in [2.75, 3.05) is 5.75 Å². The molecule has 0 radical (unpaired) electrons. The molecule has 1 N–H and O–H groups in total. The molecule has 0 amide bonds. The Balaban J connectivity index is 2.83. The van der Waals surface area contributed by atoms with E-state index in [4.69, 9.17) is 16.7 Å². The minimum Gasteiger partial charge on any atom is -0.481 e. The van der Waals surface area contributed by atoms with Crippen LogP contribution in [0.5, 0.6) is 0 Å². The Morgan fingerprint density at radius 2 is 2.06 bits per heavy atom. The van der Waals surface area contributed by atoms with Crippen molar-refractivity contribution in [1.29, 1.82) is 0 Å². The molecule has 0 saturated carbocycles. The molecule has 0 unspecified atom stereocenters. The summed E-state index contributed by atoms with van der Waals surface area (Å²) in [6.07, 6.45) is -0.496. The van der Waals surface area contributed by atoms with E-state index in [9.17, 15) is 17.6 Å². The van der Waals surface area contributed by atoms with Crippen LogP contribution in [0.25, 0.3) is 0 Å². The Bertz CT molecular complexity index is 527. The summed E-state index contributed by atoms with van der Waals surface area (Å²) < 4.78 is 36.2. The number of sulfone groups is 1. The third kappa shape index (κ3) is 4.70. The average Bonchev–Trinajstić information content (AvgIpc) is 2.20. The summed E-state index contributed by atoms with van der Waals surface area (Å²) in [7, 11) is -3.65. The summed E-state index contributed by atoms with van der Waals surface area (Å²) in [5, 5.41) is 8.61. The van der Waals surface area contributed by atoms with Crippen LogP contribution in [0, 0.1) is 5.82 Å². The van der Waals surface area contributed by atoms with Gasteiger partial charge in [0.05, 0.1) is 17.9 Å². The molecule has 0 fully saturated rings. The topological polar surface area (TPSA) is 71.4 Å². The molecule has 1 aromatic rings. The predicted octanol–water partition coefficient (Wildman–Crippen LogP) is 1.87. The monoisotopic (exact) mass is 280 g/mol. The highest BCUT2D eigenvalue weighted by Crippen LogP contribution is 2.17. The van der Waals surface area contributed by atoms with Crippen molar-refractivity contribution in [2.45, 2.75) is 12.2 Å². The molecule has 0 heterocycles. The van der Waals surface area contributed by atoms with Crippen molar-refractivity contribution in [2.24, 2.45) is 0 Å². The lowest BCUT2D eigenvalue weighted by molar-refractivity contribution is -0.136. The molecule has 0 aromatic heterocycles. The SMILES string of the molecule is O=C(O)CCS(=O)(=O)Cc1cc(Cl)ccc1F. The molecule has 1 rings (SSSR count). The fourth-order valence-corrected chi connectivity index (χ4v) is 2.73. The fourth-order valence-electron chi connectivity index (χ4n) is 1.21. The van der Waals surface area contributed by atoms with Crippen LogP contribution in [0.3, 0.4) is 0 Å². The van der Waals surface area contributed by atoms with Gasteiger partial charge in [-0.15, -0.1) is 0 Å². The normalized spacial score (nSPS) is 11.4. The van der Waals surface area contributed by atoms with Crippen LogP contribution in [-0.4, -0.2) is 25.2 Å². The van der Waals surface area contributed by atoms with Crippen LogP contribution in [0.4, 0.5) is 4.39 Å². The Kier molecular flexibility index (Phi) is 4.47. The smallest absolute Gasteiger partial charge is 0.304 e. The molecule has 0 atom stereocenters. The van der Waals surface area contributed by atoms with Crippen LogP contribution in [-0.2, 0) is 20.4 Å². The van der Waals surface area contributed by atoms with Crippen molar-refractivity contribution >= 4 is 27.4 Å². The van der Waals surface area contributed by atoms with Gasteiger partial charge in [0.1, 0.15) is 5.82 Å². The maximum atomic E-state index is 13.3. The molecule has 0 spiro atoms. The van der Waals surface area contributed by atoms with E-state index in [1.54, 1.807) is 0 Å². The summed E-state index contributed by atoms with van der Waals surface area (Å²) >= 11 is 5.62. The minimum atomic E-state index is -3.65. The molecule has 0 aliphatic carbocycles. The van der Waals surface area contributed by atoms with Gasteiger partial charge in [0, 0.05) is 10.6 Å². The number of aliphatic carboxylic acids is 1. The third-order valence-electron chi connectivity index (χ3n) is 2.01. The quantitative estimate of drug-likeness (QED) is 0.894. The van der Waals surface area contributed by atoms with Gasteiger partial charge in [0.25, 0.3) is 0 Å². The Labute approximate surface area is 103 Å². The summed E-state index contributed by atoms with van der Waals surface area (Å²) in [6.45, 7) is 0. The lowest BCUT2D eigenvalue weighted by Crippen LogP contribution is -2.13. The number of benzene rings is 1. The first-order valence-electron chi connectivity index (χ1n) is 4.66. The van der Waals surface area contributed by atoms with Crippen molar-refractivity contribution in [3.05, 3.63) is 34.6 Å². The highest BCUT2D eigenvalue weighted by molar-refractivity contribution is 7.90. The van der Waals surface area contributed by atoms with E-state index in [0.29, 0.717) is 0 Å². The van der Waals surface area contributed by atoms with Crippen LogP contribution < -0.4 is 0 Å². The molecule has 0 saturated heterocycles. The van der Waals surface area contributed by atoms with Gasteiger partial charge in [0.15, 0.2) is 9.84 Å². The number of rotatable bonds is 5. The molecule has 94 valence electrons. The van der Waals surface area contributed by atoms with Gasteiger partial charge >= 0.3 is 5.97 Å². The van der Waals surface area contributed by atoms with Gasteiger partial charge in [-0.3, -0.25) is 4.79 Å². The van der Waals surface area contributed by atoms with Gasteiger partial charge in [-0.2, -0.15) is 0 Å². The van der Waals surface area contributed by atoms with Crippen molar-refractivity contribution in [3.63, 3.8) is 0 Å². The lowest BCUT2D eigenvalue weighted by Gasteiger charge is -2.05. The summed E-state index contributed by atoms with van der Waals surface area (Å²) in [6, 6.07) is 3.60. The van der Waals surface area contributed by atoms with Gasteiger partial charge < -0.3 is 5.11 Å². The van der Waals surface area contributed by atoms with E-state index in [-0.39, 0.29) is 10.6 Å². The van der Waals surface area contributed by atoms with E-state index in [1.807, 2.05) is 0 Å². The molecule has 4 nitrogen and oxygen atoms in total. The molecule has 0 aliphatic heterocycles. The summed E-state index contributed by atoms with van der Waals surface area (Å²) in [4.78, 5) is 10.3. The van der Waals surface area contributed by atoms with Crippen molar-refractivity contribution in [3.8, 4) is 0 Å². The minimum absolute atomic E-state index is 0.0529. The first kappa shape index (κ1) is 13.9. The molecular weight excluding hydrogens is 271 g/mol. The molecule has 0 aliphatic rings.